The zero-order valence-corrected chi connectivity index (χ0v) is 18.1. The molecule has 0 spiro atoms. The van der Waals surface area contributed by atoms with Gasteiger partial charge in [0.25, 0.3) is 5.91 Å². The number of nitrogens with two attached hydrogens (primary N) is 1. The fraction of sp³-hybridized carbons (Fsp3) is 0.706. The normalized spacial score (nSPS) is 13.4. The Kier molecular flexibility index (Phi) is 13.8. The zero-order valence-electron chi connectivity index (χ0n) is 17.3. The van der Waals surface area contributed by atoms with Gasteiger partial charge in [-0.3, -0.25) is 14.4 Å². The molecule has 0 aromatic heterocycles. The molecule has 0 saturated carbocycles. The van der Waals surface area contributed by atoms with Crippen LogP contribution in [0.5, 0.6) is 0 Å². The predicted molar refractivity (Wildman–Crippen MR) is 110 cm³/mol. The number of nitrogens with zero attached hydrogens (tertiary/aromatic N) is 2. The van der Waals surface area contributed by atoms with Crippen LogP contribution in [0.2, 0.25) is 0 Å². The minimum atomic E-state index is -1.55. The lowest BCUT2D eigenvalue weighted by molar-refractivity contribution is -0.144. The number of nitrogens with one attached hydrogen (secondary N) is 1. The van der Waals surface area contributed by atoms with E-state index in [9.17, 15) is 28.9 Å². The van der Waals surface area contributed by atoms with Gasteiger partial charge in [0.1, 0.15) is 12.1 Å². The molecule has 0 saturated heterocycles. The Morgan fingerprint density at radius 2 is 1.84 bits per heavy atom. The molecule has 13 nitrogen and oxygen atoms in total. The van der Waals surface area contributed by atoms with Crippen molar-refractivity contribution in [2.75, 3.05) is 25.2 Å². The summed E-state index contributed by atoms with van der Waals surface area (Å²) in [7, 11) is 0.996. The third-order valence-electron chi connectivity index (χ3n) is 3.95. The van der Waals surface area contributed by atoms with E-state index in [2.05, 4.69) is 10.5 Å². The molecule has 0 radical (unpaired) electrons. The average molecular weight is 464 g/mol. The van der Waals surface area contributed by atoms with Gasteiger partial charge in [0.15, 0.2) is 6.04 Å². The lowest BCUT2D eigenvalue weighted by atomic mass is 10.1. The van der Waals surface area contributed by atoms with Gasteiger partial charge in [-0.2, -0.15) is 11.8 Å². The van der Waals surface area contributed by atoms with Crippen LogP contribution in [0.3, 0.4) is 0 Å². The minimum Gasteiger partial charge on any atom is -0.480 e. The molecule has 5 N–H and O–H groups in total. The summed E-state index contributed by atoms with van der Waals surface area (Å²) in [6.07, 6.45) is -0.626. The Balaban J connectivity index is 4.94. The number of aliphatic carboxylic acids is 1. The molecule has 31 heavy (non-hydrogen) atoms. The van der Waals surface area contributed by atoms with Crippen molar-refractivity contribution in [2.24, 2.45) is 10.9 Å². The second-order valence-corrected chi connectivity index (χ2v) is 7.54. The summed E-state index contributed by atoms with van der Waals surface area (Å²) in [6.45, 7) is 2.04. The standard InChI is InChI=1S/C17H28N4O9S/c1-3-4-7-30-16(26)12(20-29)9-31-8-11(14(23)21(2)17(27)28)19-13(22)6-5-10(18)15(24)25/h10-12H,3-9,18H2,1-2H3,(H,19,22)(H,24,25)(H,27,28). The summed E-state index contributed by atoms with van der Waals surface area (Å²) in [5.74, 6) is -4.07. The van der Waals surface area contributed by atoms with E-state index in [0.29, 0.717) is 11.3 Å². The minimum absolute atomic E-state index is 0.144. The Labute approximate surface area is 183 Å². The van der Waals surface area contributed by atoms with E-state index in [1.54, 1.807) is 0 Å². The van der Waals surface area contributed by atoms with Crippen molar-refractivity contribution in [3.63, 3.8) is 0 Å². The number of thioether (sulfide) groups is 1. The third kappa shape index (κ3) is 11.3. The van der Waals surface area contributed by atoms with Gasteiger partial charge >= 0.3 is 18.0 Å². The number of esters is 1. The van der Waals surface area contributed by atoms with Gasteiger partial charge in [-0.25, -0.2) is 14.5 Å². The number of carboxylic acid groups (broad SMARTS) is 2. The molecule has 176 valence electrons. The molecular formula is C17H28N4O9S. The van der Waals surface area contributed by atoms with Crippen LogP contribution in [0.15, 0.2) is 5.18 Å². The second-order valence-electron chi connectivity index (χ2n) is 6.46. The molecule has 0 aromatic rings. The number of rotatable bonds is 15. The lowest BCUT2D eigenvalue weighted by Crippen LogP contribution is -2.50. The lowest BCUT2D eigenvalue weighted by Gasteiger charge is -2.22. The van der Waals surface area contributed by atoms with E-state index in [4.69, 9.17) is 20.7 Å². The molecule has 0 aromatic carbocycles. The van der Waals surface area contributed by atoms with Gasteiger partial charge in [-0.15, -0.1) is 4.91 Å². The predicted octanol–water partition coefficient (Wildman–Crippen LogP) is 0.0112. The van der Waals surface area contributed by atoms with Crippen molar-refractivity contribution in [3.05, 3.63) is 4.91 Å². The largest absolute Gasteiger partial charge is 0.480 e. The first kappa shape index (κ1) is 28.3. The highest BCUT2D eigenvalue weighted by Gasteiger charge is 2.29. The molecular weight excluding hydrogens is 436 g/mol. The highest BCUT2D eigenvalue weighted by Crippen LogP contribution is 2.12. The van der Waals surface area contributed by atoms with Gasteiger partial charge in [0, 0.05) is 25.0 Å². The fourth-order valence-electron chi connectivity index (χ4n) is 2.03. The number of hydrogen-bond donors (Lipinski definition) is 4. The maximum Gasteiger partial charge on any atom is 0.413 e. The molecule has 0 aliphatic rings. The first-order valence-electron chi connectivity index (χ1n) is 9.40. The number of ether oxygens (including phenoxy) is 1. The molecule has 14 heteroatoms. The van der Waals surface area contributed by atoms with E-state index in [1.807, 2.05) is 6.92 Å². The Morgan fingerprint density at radius 3 is 2.35 bits per heavy atom. The van der Waals surface area contributed by atoms with Gasteiger partial charge in [0.05, 0.1) is 6.61 Å². The van der Waals surface area contributed by atoms with Crippen molar-refractivity contribution < 1.29 is 38.9 Å². The van der Waals surface area contributed by atoms with Gasteiger partial charge in [0.2, 0.25) is 5.91 Å². The highest BCUT2D eigenvalue weighted by atomic mass is 32.2. The maximum absolute atomic E-state index is 12.3. The van der Waals surface area contributed by atoms with Crippen LogP contribution in [-0.4, -0.2) is 88.2 Å². The molecule has 0 fully saturated rings. The van der Waals surface area contributed by atoms with Crippen LogP contribution in [0.25, 0.3) is 0 Å². The van der Waals surface area contributed by atoms with Crippen LogP contribution >= 0.6 is 11.8 Å². The summed E-state index contributed by atoms with van der Waals surface area (Å²) >= 11 is 0.922. The van der Waals surface area contributed by atoms with E-state index in [0.717, 1.165) is 25.2 Å². The summed E-state index contributed by atoms with van der Waals surface area (Å²) < 4.78 is 4.92. The van der Waals surface area contributed by atoms with Crippen LogP contribution in [-0.2, 0) is 23.9 Å². The fourth-order valence-corrected chi connectivity index (χ4v) is 3.05. The second kappa shape index (κ2) is 15.1. The number of carbonyl (C=O) groups is 5. The summed E-state index contributed by atoms with van der Waals surface area (Å²) in [5.41, 5.74) is 5.32. The van der Waals surface area contributed by atoms with Crippen molar-refractivity contribution in [2.45, 2.75) is 50.7 Å². The van der Waals surface area contributed by atoms with Gasteiger partial charge in [-0.05, 0) is 12.8 Å². The molecule has 0 aliphatic heterocycles. The molecule has 0 aliphatic carbocycles. The third-order valence-corrected chi connectivity index (χ3v) is 5.07. The van der Waals surface area contributed by atoms with Crippen molar-refractivity contribution in [1.29, 1.82) is 0 Å². The quantitative estimate of drug-likeness (QED) is 0.144. The van der Waals surface area contributed by atoms with Crippen LogP contribution in [0.1, 0.15) is 32.6 Å². The number of carboxylic acids is 1. The zero-order chi connectivity index (χ0) is 24.0. The topological polar surface area (TPSA) is 206 Å². The van der Waals surface area contributed by atoms with Crippen molar-refractivity contribution in [1.82, 2.24) is 10.2 Å². The molecule has 3 atom stereocenters. The van der Waals surface area contributed by atoms with Crippen molar-refractivity contribution >= 4 is 41.6 Å². The number of likely N-dealkylation sites (N-methyl/N-ethyl adjacent to an activating group) is 1. The number of carbonyl (C=O) groups excluding carboxylic acids is 3. The van der Waals surface area contributed by atoms with E-state index in [-0.39, 0.29) is 31.0 Å². The van der Waals surface area contributed by atoms with Gasteiger partial charge in [-0.1, -0.05) is 18.5 Å². The summed E-state index contributed by atoms with van der Waals surface area (Å²) in [4.78, 5) is 69.3. The number of nitroso groups, excluding NO2 is 1. The number of imide groups is 1. The van der Waals surface area contributed by atoms with E-state index in [1.165, 1.54) is 0 Å². The molecule has 0 bridgehead atoms. The average Bonchev–Trinajstić information content (AvgIpc) is 2.72. The Morgan fingerprint density at radius 1 is 1.19 bits per heavy atom. The smallest absolute Gasteiger partial charge is 0.413 e. The summed E-state index contributed by atoms with van der Waals surface area (Å²) in [6, 6.07) is -3.89. The van der Waals surface area contributed by atoms with Crippen LogP contribution < -0.4 is 11.1 Å². The number of amides is 3. The maximum atomic E-state index is 12.3. The Hall–Kier alpha value is -2.74. The molecule has 0 heterocycles. The van der Waals surface area contributed by atoms with E-state index < -0.39 is 48.0 Å². The SMILES string of the molecule is CCCCOC(=O)C(CSCC(NC(=O)CCC(N)C(=O)O)C(=O)N(C)C(=O)O)N=O. The molecule has 3 amide bonds. The van der Waals surface area contributed by atoms with Gasteiger partial charge < -0.3 is 26.0 Å². The van der Waals surface area contributed by atoms with Crippen LogP contribution in [0.4, 0.5) is 4.79 Å². The number of unbranched alkanes of at least 4 members (excludes halogenated alkanes) is 1. The first-order valence-corrected chi connectivity index (χ1v) is 10.6. The monoisotopic (exact) mass is 464 g/mol. The van der Waals surface area contributed by atoms with Crippen molar-refractivity contribution in [3.8, 4) is 0 Å². The Bertz CT molecular complexity index is 662. The summed E-state index contributed by atoms with van der Waals surface area (Å²) in [5, 5.41) is 22.8. The highest BCUT2D eigenvalue weighted by molar-refractivity contribution is 7.99. The number of hydrogen-bond acceptors (Lipinski definition) is 10. The first-order chi connectivity index (χ1) is 14.5. The van der Waals surface area contributed by atoms with Crippen LogP contribution in [0, 0.1) is 4.91 Å². The molecule has 3 unspecified atom stereocenters. The molecule has 0 rings (SSSR count). The van der Waals surface area contributed by atoms with E-state index >= 15 is 0 Å².